The molecule has 1 aromatic rings. The molecule has 136 valence electrons. The number of carbonyl (C=O) groups excluding carboxylic acids is 3. The molecule has 0 spiro atoms. The maximum absolute atomic E-state index is 12.6. The van der Waals surface area contributed by atoms with Gasteiger partial charge in [0.25, 0.3) is 5.91 Å². The predicted molar refractivity (Wildman–Crippen MR) is 84.0 cm³/mol. The molecule has 0 saturated carbocycles. The van der Waals surface area contributed by atoms with Crippen molar-refractivity contribution < 1.29 is 27.9 Å². The lowest BCUT2D eigenvalue weighted by Crippen LogP contribution is -2.43. The van der Waals surface area contributed by atoms with Gasteiger partial charge in [-0.2, -0.15) is 8.78 Å². The Morgan fingerprint density at radius 1 is 1.32 bits per heavy atom. The first kappa shape index (κ1) is 18.6. The van der Waals surface area contributed by atoms with E-state index in [0.717, 1.165) is 11.3 Å². The Bertz CT molecular complexity index is 666. The average molecular weight is 355 g/mol. The minimum Gasteiger partial charge on any atom is -0.435 e. The SMILES string of the molecule is CCCNC(=O)CN1C(=O)NC(C)(c2ccc(OC(F)F)cc2)C1=O. The number of nitrogens with zero attached hydrogens (tertiary/aromatic N) is 1. The van der Waals surface area contributed by atoms with Gasteiger partial charge in [-0.25, -0.2) is 4.79 Å². The summed E-state index contributed by atoms with van der Waals surface area (Å²) in [6.45, 7) is 0.483. The number of urea groups is 1. The number of nitrogens with one attached hydrogen (secondary N) is 2. The van der Waals surface area contributed by atoms with Gasteiger partial charge in [0.1, 0.15) is 17.8 Å². The van der Waals surface area contributed by atoms with Crippen molar-refractivity contribution in [1.29, 1.82) is 0 Å². The lowest BCUT2D eigenvalue weighted by molar-refractivity contribution is -0.134. The van der Waals surface area contributed by atoms with Crippen LogP contribution in [0.5, 0.6) is 5.75 Å². The molecule has 1 unspecified atom stereocenters. The molecule has 0 aromatic heterocycles. The molecule has 2 rings (SSSR count). The van der Waals surface area contributed by atoms with Gasteiger partial charge in [-0.1, -0.05) is 19.1 Å². The first-order valence-electron chi connectivity index (χ1n) is 7.74. The largest absolute Gasteiger partial charge is 0.435 e. The van der Waals surface area contributed by atoms with E-state index < -0.39 is 30.0 Å². The van der Waals surface area contributed by atoms with Gasteiger partial charge < -0.3 is 15.4 Å². The maximum Gasteiger partial charge on any atom is 0.387 e. The van der Waals surface area contributed by atoms with Crippen LogP contribution < -0.4 is 15.4 Å². The molecule has 25 heavy (non-hydrogen) atoms. The third kappa shape index (κ3) is 4.04. The van der Waals surface area contributed by atoms with Gasteiger partial charge in [0.2, 0.25) is 5.91 Å². The molecular weight excluding hydrogens is 336 g/mol. The molecule has 2 N–H and O–H groups in total. The lowest BCUT2D eigenvalue weighted by Gasteiger charge is -2.22. The molecule has 1 fully saturated rings. The van der Waals surface area contributed by atoms with Crippen LogP contribution in [0.3, 0.4) is 0 Å². The quantitative estimate of drug-likeness (QED) is 0.727. The van der Waals surface area contributed by atoms with Gasteiger partial charge in [0.15, 0.2) is 0 Å². The first-order chi connectivity index (χ1) is 11.8. The van der Waals surface area contributed by atoms with Crippen molar-refractivity contribution >= 4 is 17.8 Å². The second-order valence-corrected chi connectivity index (χ2v) is 5.70. The minimum absolute atomic E-state index is 0.0603. The Labute approximate surface area is 143 Å². The molecule has 1 aromatic carbocycles. The molecule has 9 heteroatoms. The van der Waals surface area contributed by atoms with E-state index in [1.807, 2.05) is 6.92 Å². The van der Waals surface area contributed by atoms with Crippen molar-refractivity contribution in [3.63, 3.8) is 0 Å². The smallest absolute Gasteiger partial charge is 0.387 e. The Morgan fingerprint density at radius 2 is 1.96 bits per heavy atom. The normalized spacial score (nSPS) is 20.0. The highest BCUT2D eigenvalue weighted by molar-refractivity contribution is 6.09. The highest BCUT2D eigenvalue weighted by Gasteiger charge is 2.49. The molecule has 1 heterocycles. The molecule has 7 nitrogen and oxygen atoms in total. The Hall–Kier alpha value is -2.71. The van der Waals surface area contributed by atoms with Crippen LogP contribution in [0.1, 0.15) is 25.8 Å². The number of amides is 4. The third-order valence-electron chi connectivity index (χ3n) is 3.81. The summed E-state index contributed by atoms with van der Waals surface area (Å²) in [6, 6.07) is 4.70. The highest BCUT2D eigenvalue weighted by atomic mass is 19.3. The number of carbonyl (C=O) groups is 3. The Kier molecular flexibility index (Phi) is 5.55. The monoisotopic (exact) mass is 355 g/mol. The number of hydrogen-bond donors (Lipinski definition) is 2. The summed E-state index contributed by atoms with van der Waals surface area (Å²) >= 11 is 0. The number of rotatable bonds is 7. The number of imide groups is 1. The van der Waals surface area contributed by atoms with E-state index in [9.17, 15) is 23.2 Å². The number of alkyl halides is 2. The van der Waals surface area contributed by atoms with E-state index >= 15 is 0 Å². The second-order valence-electron chi connectivity index (χ2n) is 5.70. The Balaban J connectivity index is 2.14. The van der Waals surface area contributed by atoms with Gasteiger partial charge in [-0.3, -0.25) is 14.5 Å². The summed E-state index contributed by atoms with van der Waals surface area (Å²) < 4.78 is 28.6. The zero-order valence-corrected chi connectivity index (χ0v) is 13.8. The van der Waals surface area contributed by atoms with Crippen LogP contribution in [-0.4, -0.2) is 42.4 Å². The topological polar surface area (TPSA) is 87.7 Å². The second kappa shape index (κ2) is 7.45. The van der Waals surface area contributed by atoms with Crippen LogP contribution in [0.4, 0.5) is 13.6 Å². The van der Waals surface area contributed by atoms with E-state index in [1.54, 1.807) is 0 Å². The molecule has 1 aliphatic heterocycles. The van der Waals surface area contributed by atoms with Crippen LogP contribution in [0.15, 0.2) is 24.3 Å². The van der Waals surface area contributed by atoms with E-state index in [4.69, 9.17) is 0 Å². The summed E-state index contributed by atoms with van der Waals surface area (Å²) in [4.78, 5) is 37.3. The molecule has 0 bridgehead atoms. The first-order valence-corrected chi connectivity index (χ1v) is 7.74. The zero-order valence-electron chi connectivity index (χ0n) is 13.8. The predicted octanol–water partition coefficient (Wildman–Crippen LogP) is 1.58. The molecule has 1 saturated heterocycles. The molecule has 1 atom stereocenters. The summed E-state index contributed by atoms with van der Waals surface area (Å²) in [5.74, 6) is -1.09. The van der Waals surface area contributed by atoms with Crippen LogP contribution in [0, 0.1) is 0 Å². The molecule has 0 aliphatic carbocycles. The summed E-state index contributed by atoms with van der Waals surface area (Å²) in [5.41, 5.74) is -0.991. The van der Waals surface area contributed by atoms with E-state index in [0.29, 0.717) is 12.1 Å². The zero-order chi connectivity index (χ0) is 18.6. The van der Waals surface area contributed by atoms with Crippen LogP contribution in [0.25, 0.3) is 0 Å². The van der Waals surface area contributed by atoms with Crippen LogP contribution >= 0.6 is 0 Å². The van der Waals surface area contributed by atoms with Crippen LogP contribution in [0.2, 0.25) is 0 Å². The average Bonchev–Trinajstić information content (AvgIpc) is 2.77. The van der Waals surface area contributed by atoms with Crippen molar-refractivity contribution in [1.82, 2.24) is 15.5 Å². The molecular formula is C16H19F2N3O4. The number of benzene rings is 1. The van der Waals surface area contributed by atoms with Gasteiger partial charge in [-0.05, 0) is 31.0 Å². The molecule has 1 aliphatic rings. The summed E-state index contributed by atoms with van der Waals surface area (Å²) in [5, 5.41) is 5.13. The van der Waals surface area contributed by atoms with E-state index in [2.05, 4.69) is 15.4 Å². The third-order valence-corrected chi connectivity index (χ3v) is 3.81. The van der Waals surface area contributed by atoms with Gasteiger partial charge in [0.05, 0.1) is 0 Å². The number of halogens is 2. The summed E-state index contributed by atoms with van der Waals surface area (Å²) in [7, 11) is 0. The van der Waals surface area contributed by atoms with E-state index in [1.165, 1.54) is 31.2 Å². The standard InChI is InChI=1S/C16H19F2N3O4/c1-3-8-19-12(22)9-21-13(23)16(2,20-15(21)24)10-4-6-11(7-5-10)25-14(17)18/h4-7,14H,3,8-9H2,1-2H3,(H,19,22)(H,20,24). The van der Waals surface area contributed by atoms with Crippen molar-refractivity contribution in [3.8, 4) is 5.75 Å². The van der Waals surface area contributed by atoms with Crippen molar-refractivity contribution in [2.45, 2.75) is 32.4 Å². The number of ether oxygens (including phenoxy) is 1. The fraction of sp³-hybridized carbons (Fsp3) is 0.438. The van der Waals surface area contributed by atoms with Crippen LogP contribution in [-0.2, 0) is 15.1 Å². The van der Waals surface area contributed by atoms with Gasteiger partial charge >= 0.3 is 12.6 Å². The van der Waals surface area contributed by atoms with Crippen molar-refractivity contribution in [2.24, 2.45) is 0 Å². The van der Waals surface area contributed by atoms with E-state index in [-0.39, 0.29) is 12.3 Å². The minimum atomic E-state index is -2.95. The summed E-state index contributed by atoms with van der Waals surface area (Å²) in [6.07, 6.45) is 0.733. The van der Waals surface area contributed by atoms with Gasteiger partial charge in [-0.15, -0.1) is 0 Å². The fourth-order valence-corrected chi connectivity index (χ4v) is 2.47. The van der Waals surface area contributed by atoms with Crippen molar-refractivity contribution in [3.05, 3.63) is 29.8 Å². The van der Waals surface area contributed by atoms with Crippen molar-refractivity contribution in [2.75, 3.05) is 13.1 Å². The maximum atomic E-state index is 12.6. The number of hydrogen-bond acceptors (Lipinski definition) is 4. The fourth-order valence-electron chi connectivity index (χ4n) is 2.47. The molecule has 0 radical (unpaired) electrons. The molecule has 4 amide bonds. The highest BCUT2D eigenvalue weighted by Crippen LogP contribution is 2.30. The van der Waals surface area contributed by atoms with Gasteiger partial charge in [0, 0.05) is 6.54 Å². The lowest BCUT2D eigenvalue weighted by atomic mass is 9.92. The Morgan fingerprint density at radius 3 is 2.52 bits per heavy atom.